The standard InChI is InChI=1S/C20H15BrN2O4S/c21-15-8-10-16(11-9-15)28(24,25)20-19(22-13-14-5-2-1-3-6-14)27-18(23-20)17-7-4-12-26-17/h1-12,22H,13H2. The fourth-order valence-electron chi connectivity index (χ4n) is 2.61. The van der Waals surface area contributed by atoms with Crippen molar-refractivity contribution in [2.75, 3.05) is 5.32 Å². The molecule has 4 rings (SSSR count). The molecule has 0 unspecified atom stereocenters. The average molecular weight is 459 g/mol. The molecule has 142 valence electrons. The first kappa shape index (κ1) is 18.5. The van der Waals surface area contributed by atoms with Crippen molar-refractivity contribution in [3.63, 3.8) is 0 Å². The first-order valence-corrected chi connectivity index (χ1v) is 10.6. The lowest BCUT2D eigenvalue weighted by atomic mass is 10.2. The van der Waals surface area contributed by atoms with Crippen LogP contribution in [0.1, 0.15) is 5.56 Å². The van der Waals surface area contributed by atoms with Gasteiger partial charge in [-0.3, -0.25) is 0 Å². The second-order valence-electron chi connectivity index (χ2n) is 5.93. The second-order valence-corrected chi connectivity index (χ2v) is 8.71. The number of sulfone groups is 1. The van der Waals surface area contributed by atoms with Gasteiger partial charge in [0.05, 0.1) is 11.2 Å². The molecule has 0 aliphatic heterocycles. The van der Waals surface area contributed by atoms with Gasteiger partial charge < -0.3 is 14.2 Å². The van der Waals surface area contributed by atoms with Crippen molar-refractivity contribution in [1.29, 1.82) is 0 Å². The maximum absolute atomic E-state index is 13.2. The number of oxazole rings is 1. The van der Waals surface area contributed by atoms with Crippen LogP contribution in [0.15, 0.2) is 96.2 Å². The molecule has 1 N–H and O–H groups in total. The molecule has 0 fully saturated rings. The van der Waals surface area contributed by atoms with Crippen molar-refractivity contribution in [1.82, 2.24) is 4.98 Å². The number of hydrogen-bond donors (Lipinski definition) is 1. The molecule has 0 saturated carbocycles. The maximum atomic E-state index is 13.2. The number of nitrogens with one attached hydrogen (secondary N) is 1. The van der Waals surface area contributed by atoms with E-state index in [9.17, 15) is 8.42 Å². The van der Waals surface area contributed by atoms with Crippen LogP contribution in [0, 0.1) is 0 Å². The minimum Gasteiger partial charge on any atom is -0.459 e. The van der Waals surface area contributed by atoms with E-state index in [1.54, 1.807) is 24.3 Å². The summed E-state index contributed by atoms with van der Waals surface area (Å²) in [5.41, 5.74) is 0.977. The summed E-state index contributed by atoms with van der Waals surface area (Å²) >= 11 is 3.31. The van der Waals surface area contributed by atoms with Crippen LogP contribution < -0.4 is 5.32 Å². The van der Waals surface area contributed by atoms with Crippen molar-refractivity contribution >= 4 is 31.7 Å². The van der Waals surface area contributed by atoms with Crippen LogP contribution in [0.25, 0.3) is 11.7 Å². The molecule has 4 aromatic rings. The quantitative estimate of drug-likeness (QED) is 0.430. The zero-order valence-electron chi connectivity index (χ0n) is 14.5. The third-order valence-corrected chi connectivity index (χ3v) is 6.21. The molecule has 0 aliphatic carbocycles. The number of furan rings is 1. The molecule has 0 aliphatic rings. The third kappa shape index (κ3) is 3.74. The Hall–Kier alpha value is -2.84. The summed E-state index contributed by atoms with van der Waals surface area (Å²) in [5, 5.41) is 2.86. The predicted molar refractivity (Wildman–Crippen MR) is 108 cm³/mol. The number of aromatic nitrogens is 1. The largest absolute Gasteiger partial charge is 0.459 e. The van der Waals surface area contributed by atoms with Gasteiger partial charge in [0.15, 0.2) is 5.76 Å². The van der Waals surface area contributed by atoms with Crippen LogP contribution in [-0.2, 0) is 16.4 Å². The average Bonchev–Trinajstić information content (AvgIpc) is 3.37. The fraction of sp³-hybridized carbons (Fsp3) is 0.0500. The van der Waals surface area contributed by atoms with Crippen molar-refractivity contribution in [3.8, 4) is 11.7 Å². The van der Waals surface area contributed by atoms with Crippen LogP contribution in [0.4, 0.5) is 5.88 Å². The molecule has 0 bridgehead atoms. The van der Waals surface area contributed by atoms with E-state index in [-0.39, 0.29) is 21.7 Å². The summed E-state index contributed by atoms with van der Waals surface area (Å²) < 4.78 is 38.1. The van der Waals surface area contributed by atoms with Gasteiger partial charge in [0.25, 0.3) is 5.89 Å². The van der Waals surface area contributed by atoms with Crippen LogP contribution in [-0.4, -0.2) is 13.4 Å². The zero-order valence-corrected chi connectivity index (χ0v) is 16.9. The Morgan fingerprint density at radius 1 is 0.964 bits per heavy atom. The van der Waals surface area contributed by atoms with E-state index in [0.717, 1.165) is 10.0 Å². The maximum Gasteiger partial charge on any atom is 0.266 e. The van der Waals surface area contributed by atoms with Crippen LogP contribution >= 0.6 is 15.9 Å². The van der Waals surface area contributed by atoms with Gasteiger partial charge >= 0.3 is 0 Å². The Morgan fingerprint density at radius 2 is 1.71 bits per heavy atom. The number of nitrogens with zero attached hydrogens (tertiary/aromatic N) is 1. The van der Waals surface area contributed by atoms with E-state index in [4.69, 9.17) is 8.83 Å². The smallest absolute Gasteiger partial charge is 0.266 e. The Kier molecular flexibility index (Phi) is 5.06. The lowest BCUT2D eigenvalue weighted by Gasteiger charge is -2.06. The number of hydrogen-bond acceptors (Lipinski definition) is 6. The molecular weight excluding hydrogens is 444 g/mol. The van der Waals surface area contributed by atoms with Crippen LogP contribution in [0.3, 0.4) is 0 Å². The summed E-state index contributed by atoms with van der Waals surface area (Å²) in [6.07, 6.45) is 1.47. The van der Waals surface area contributed by atoms with Gasteiger partial charge in [-0.15, -0.1) is 0 Å². The normalized spacial score (nSPS) is 11.5. The molecule has 0 atom stereocenters. The molecule has 0 amide bonds. The Morgan fingerprint density at radius 3 is 2.39 bits per heavy atom. The summed E-state index contributed by atoms with van der Waals surface area (Å²) in [6, 6.07) is 19.3. The van der Waals surface area contributed by atoms with Gasteiger partial charge in [0.1, 0.15) is 0 Å². The highest BCUT2D eigenvalue weighted by molar-refractivity contribution is 9.10. The lowest BCUT2D eigenvalue weighted by molar-refractivity contribution is 0.522. The minimum atomic E-state index is -3.89. The van der Waals surface area contributed by atoms with Gasteiger partial charge in [-0.25, -0.2) is 8.42 Å². The summed E-state index contributed by atoms with van der Waals surface area (Å²) in [6.45, 7) is 0.385. The first-order chi connectivity index (χ1) is 13.5. The van der Waals surface area contributed by atoms with Crippen molar-refractivity contribution in [2.24, 2.45) is 0 Å². The summed E-state index contributed by atoms with van der Waals surface area (Å²) in [7, 11) is -3.89. The molecular formula is C20H15BrN2O4S. The zero-order chi connectivity index (χ0) is 19.6. The third-order valence-electron chi connectivity index (χ3n) is 4.00. The van der Waals surface area contributed by atoms with Crippen molar-refractivity contribution < 1.29 is 17.3 Å². The number of rotatable bonds is 6. The lowest BCUT2D eigenvalue weighted by Crippen LogP contribution is -2.07. The highest BCUT2D eigenvalue weighted by Crippen LogP contribution is 2.33. The van der Waals surface area contributed by atoms with E-state index in [0.29, 0.717) is 12.3 Å². The minimum absolute atomic E-state index is 0.0678. The SMILES string of the molecule is O=S(=O)(c1ccc(Br)cc1)c1nc(-c2ccco2)oc1NCc1ccccc1. The highest BCUT2D eigenvalue weighted by atomic mass is 79.9. The molecule has 6 nitrogen and oxygen atoms in total. The number of anilines is 1. The van der Waals surface area contributed by atoms with E-state index >= 15 is 0 Å². The molecule has 8 heteroatoms. The summed E-state index contributed by atoms with van der Waals surface area (Å²) in [4.78, 5) is 4.34. The molecule has 2 heterocycles. The van der Waals surface area contributed by atoms with Gasteiger partial charge in [0, 0.05) is 11.0 Å². The predicted octanol–water partition coefficient (Wildman–Crippen LogP) is 5.14. The fourth-order valence-corrected chi connectivity index (χ4v) is 4.15. The summed E-state index contributed by atoms with van der Waals surface area (Å²) in [5.74, 6) is 0.509. The molecule has 0 saturated heterocycles. The topological polar surface area (TPSA) is 85.3 Å². The van der Waals surface area contributed by atoms with Gasteiger partial charge in [-0.1, -0.05) is 46.3 Å². The van der Waals surface area contributed by atoms with E-state index < -0.39 is 9.84 Å². The van der Waals surface area contributed by atoms with Crippen molar-refractivity contribution in [2.45, 2.75) is 16.5 Å². The van der Waals surface area contributed by atoms with Gasteiger partial charge in [-0.2, -0.15) is 4.98 Å². The van der Waals surface area contributed by atoms with E-state index in [2.05, 4.69) is 26.2 Å². The Balaban J connectivity index is 1.74. The van der Waals surface area contributed by atoms with E-state index in [1.807, 2.05) is 30.3 Å². The molecule has 0 spiro atoms. The molecule has 2 aromatic carbocycles. The number of halogens is 1. The first-order valence-electron chi connectivity index (χ1n) is 8.37. The second kappa shape index (κ2) is 7.65. The monoisotopic (exact) mass is 458 g/mol. The Bertz CT molecular complexity index is 1170. The number of benzene rings is 2. The van der Waals surface area contributed by atoms with Crippen molar-refractivity contribution in [3.05, 3.63) is 83.0 Å². The van der Waals surface area contributed by atoms with Crippen LogP contribution in [0.2, 0.25) is 0 Å². The van der Waals surface area contributed by atoms with Gasteiger partial charge in [0.2, 0.25) is 20.7 Å². The molecule has 28 heavy (non-hydrogen) atoms. The highest BCUT2D eigenvalue weighted by Gasteiger charge is 2.29. The molecule has 0 radical (unpaired) electrons. The van der Waals surface area contributed by atoms with Gasteiger partial charge in [-0.05, 0) is 42.0 Å². The van der Waals surface area contributed by atoms with Crippen LogP contribution in [0.5, 0.6) is 0 Å². The molecule has 2 aromatic heterocycles. The Labute approximate surface area is 170 Å². The van der Waals surface area contributed by atoms with E-state index in [1.165, 1.54) is 18.4 Å².